The van der Waals surface area contributed by atoms with Gasteiger partial charge in [0, 0.05) is 31.4 Å². The Kier molecular flexibility index (Phi) is 6.98. The van der Waals surface area contributed by atoms with E-state index < -0.39 is 11.9 Å². The summed E-state index contributed by atoms with van der Waals surface area (Å²) in [5.41, 5.74) is 2.96. The Morgan fingerprint density at radius 3 is 2.21 bits per heavy atom. The lowest BCUT2D eigenvalue weighted by molar-refractivity contribution is -0.139. The van der Waals surface area contributed by atoms with Crippen molar-refractivity contribution >= 4 is 5.97 Å². The van der Waals surface area contributed by atoms with Gasteiger partial charge in [-0.05, 0) is 23.6 Å². The van der Waals surface area contributed by atoms with Gasteiger partial charge in [0.15, 0.2) is 0 Å². The standard InChI is InChI=1S/C24H26N2O3/c1-18(20-11-7-4-8-12-20)26(16-19-9-5-3-6-10-19)17-22(24(27)28)21-13-14-23(29-2)25-15-21/h3-15,18,22H,16-17H2,1-2H3,(H,27,28)/t18-,22-/m1/s1. The van der Waals surface area contributed by atoms with Crippen LogP contribution in [0.2, 0.25) is 0 Å². The molecule has 0 unspecified atom stereocenters. The van der Waals surface area contributed by atoms with E-state index in [2.05, 4.69) is 41.1 Å². The third-order valence-electron chi connectivity index (χ3n) is 5.14. The molecular formula is C24H26N2O3. The van der Waals surface area contributed by atoms with Crippen LogP contribution in [0.5, 0.6) is 5.88 Å². The fraction of sp³-hybridized carbons (Fsp3) is 0.250. The largest absolute Gasteiger partial charge is 0.481 e. The van der Waals surface area contributed by atoms with Crippen LogP contribution in [-0.2, 0) is 11.3 Å². The number of nitrogens with zero attached hydrogens (tertiary/aromatic N) is 2. The minimum Gasteiger partial charge on any atom is -0.481 e. The molecule has 3 aromatic rings. The third-order valence-corrected chi connectivity index (χ3v) is 5.14. The van der Waals surface area contributed by atoms with E-state index >= 15 is 0 Å². The van der Waals surface area contributed by atoms with E-state index in [-0.39, 0.29) is 6.04 Å². The van der Waals surface area contributed by atoms with Crippen molar-refractivity contribution in [3.63, 3.8) is 0 Å². The van der Waals surface area contributed by atoms with Crippen molar-refractivity contribution in [1.82, 2.24) is 9.88 Å². The molecule has 29 heavy (non-hydrogen) atoms. The van der Waals surface area contributed by atoms with E-state index in [1.165, 1.54) is 0 Å². The summed E-state index contributed by atoms with van der Waals surface area (Å²) < 4.78 is 5.10. The van der Waals surface area contributed by atoms with E-state index in [9.17, 15) is 9.90 Å². The Labute approximate surface area is 171 Å². The number of carboxylic acids is 1. The molecule has 1 aromatic heterocycles. The van der Waals surface area contributed by atoms with Gasteiger partial charge in [0.05, 0.1) is 13.0 Å². The summed E-state index contributed by atoms with van der Waals surface area (Å²) in [7, 11) is 1.54. The van der Waals surface area contributed by atoms with Crippen LogP contribution >= 0.6 is 0 Å². The molecule has 1 heterocycles. The summed E-state index contributed by atoms with van der Waals surface area (Å²) in [6.45, 7) is 3.14. The second-order valence-electron chi connectivity index (χ2n) is 7.03. The number of carbonyl (C=O) groups is 1. The van der Waals surface area contributed by atoms with Gasteiger partial charge in [0.25, 0.3) is 0 Å². The molecular weight excluding hydrogens is 364 g/mol. The van der Waals surface area contributed by atoms with Crippen LogP contribution in [0.1, 0.15) is 35.6 Å². The highest BCUT2D eigenvalue weighted by Crippen LogP contribution is 2.27. The number of ether oxygens (including phenoxy) is 1. The second-order valence-corrected chi connectivity index (χ2v) is 7.03. The first kappa shape index (κ1) is 20.6. The predicted octanol–water partition coefficient (Wildman–Crippen LogP) is 4.52. The SMILES string of the molecule is COc1ccc([C@@H](CN(Cc2ccccc2)[C@H](C)c2ccccc2)C(=O)O)cn1. The van der Waals surface area contributed by atoms with Crippen molar-refractivity contribution in [2.24, 2.45) is 0 Å². The highest BCUT2D eigenvalue weighted by atomic mass is 16.5. The third kappa shape index (κ3) is 5.42. The van der Waals surface area contributed by atoms with Crippen molar-refractivity contribution in [3.05, 3.63) is 95.7 Å². The number of rotatable bonds is 9. The molecule has 0 aliphatic rings. The average molecular weight is 390 g/mol. The van der Waals surface area contributed by atoms with Gasteiger partial charge in [0.2, 0.25) is 5.88 Å². The maximum absolute atomic E-state index is 12.1. The van der Waals surface area contributed by atoms with E-state index in [0.717, 1.165) is 11.1 Å². The zero-order valence-corrected chi connectivity index (χ0v) is 16.7. The number of hydrogen-bond acceptors (Lipinski definition) is 4. The van der Waals surface area contributed by atoms with Crippen molar-refractivity contribution in [2.45, 2.75) is 25.4 Å². The number of pyridine rings is 1. The van der Waals surface area contributed by atoms with Crippen LogP contribution in [0, 0.1) is 0 Å². The lowest BCUT2D eigenvalue weighted by Gasteiger charge is -2.32. The summed E-state index contributed by atoms with van der Waals surface area (Å²) in [5, 5.41) is 9.93. The molecule has 2 atom stereocenters. The summed E-state index contributed by atoms with van der Waals surface area (Å²) in [5.74, 6) is -1.09. The number of benzene rings is 2. The van der Waals surface area contributed by atoms with Gasteiger partial charge in [-0.1, -0.05) is 66.7 Å². The Morgan fingerprint density at radius 2 is 1.66 bits per heavy atom. The molecule has 5 heteroatoms. The monoisotopic (exact) mass is 390 g/mol. The lowest BCUT2D eigenvalue weighted by Crippen LogP contribution is -2.34. The van der Waals surface area contributed by atoms with E-state index in [0.29, 0.717) is 24.5 Å². The highest BCUT2D eigenvalue weighted by Gasteiger charge is 2.27. The molecule has 3 rings (SSSR count). The Bertz CT molecular complexity index is 898. The normalized spacial score (nSPS) is 13.1. The fourth-order valence-electron chi connectivity index (χ4n) is 3.40. The fourth-order valence-corrected chi connectivity index (χ4v) is 3.40. The minimum absolute atomic E-state index is 0.0597. The summed E-state index contributed by atoms with van der Waals surface area (Å²) in [6.07, 6.45) is 1.59. The quantitative estimate of drug-likeness (QED) is 0.582. The molecule has 0 saturated heterocycles. The lowest BCUT2D eigenvalue weighted by atomic mass is 9.97. The zero-order valence-electron chi connectivity index (χ0n) is 16.7. The Balaban J connectivity index is 1.89. The van der Waals surface area contributed by atoms with E-state index in [1.54, 1.807) is 25.4 Å². The van der Waals surface area contributed by atoms with Crippen LogP contribution in [0.4, 0.5) is 0 Å². The predicted molar refractivity (Wildman–Crippen MR) is 113 cm³/mol. The Morgan fingerprint density at radius 1 is 1.00 bits per heavy atom. The van der Waals surface area contributed by atoms with Crippen LogP contribution in [0.25, 0.3) is 0 Å². The van der Waals surface area contributed by atoms with Gasteiger partial charge in [-0.3, -0.25) is 9.69 Å². The molecule has 2 aromatic carbocycles. The van der Waals surface area contributed by atoms with E-state index in [1.807, 2.05) is 36.4 Å². The van der Waals surface area contributed by atoms with Crippen molar-refractivity contribution in [2.75, 3.05) is 13.7 Å². The maximum Gasteiger partial charge on any atom is 0.312 e. The molecule has 0 aliphatic heterocycles. The number of hydrogen-bond donors (Lipinski definition) is 1. The molecule has 0 spiro atoms. The van der Waals surface area contributed by atoms with Gasteiger partial charge in [0.1, 0.15) is 0 Å². The molecule has 0 aliphatic carbocycles. The van der Waals surface area contributed by atoms with Gasteiger partial charge in [-0.2, -0.15) is 0 Å². The number of aromatic nitrogens is 1. The zero-order chi connectivity index (χ0) is 20.6. The minimum atomic E-state index is -0.865. The van der Waals surface area contributed by atoms with Gasteiger partial charge < -0.3 is 9.84 Å². The molecule has 0 fully saturated rings. The average Bonchev–Trinajstić information content (AvgIpc) is 2.77. The maximum atomic E-state index is 12.1. The van der Waals surface area contributed by atoms with E-state index in [4.69, 9.17) is 4.74 Å². The first-order valence-electron chi connectivity index (χ1n) is 9.64. The summed E-state index contributed by atoms with van der Waals surface area (Å²) >= 11 is 0. The second kappa shape index (κ2) is 9.85. The van der Waals surface area contributed by atoms with Crippen LogP contribution < -0.4 is 4.74 Å². The van der Waals surface area contributed by atoms with Crippen molar-refractivity contribution in [3.8, 4) is 5.88 Å². The smallest absolute Gasteiger partial charge is 0.312 e. The molecule has 5 nitrogen and oxygen atoms in total. The van der Waals surface area contributed by atoms with Gasteiger partial charge in [-0.25, -0.2) is 4.98 Å². The number of aliphatic carboxylic acids is 1. The first-order chi connectivity index (χ1) is 14.1. The molecule has 150 valence electrons. The topological polar surface area (TPSA) is 62.7 Å². The van der Waals surface area contributed by atoms with Crippen molar-refractivity contribution in [1.29, 1.82) is 0 Å². The molecule has 0 amide bonds. The Hall–Kier alpha value is -3.18. The number of methoxy groups -OCH3 is 1. The molecule has 1 N–H and O–H groups in total. The molecule has 0 bridgehead atoms. The summed E-state index contributed by atoms with van der Waals surface area (Å²) in [4.78, 5) is 18.5. The highest BCUT2D eigenvalue weighted by molar-refractivity contribution is 5.76. The number of carboxylic acid groups (broad SMARTS) is 1. The molecule has 0 radical (unpaired) electrons. The first-order valence-corrected chi connectivity index (χ1v) is 9.64. The van der Waals surface area contributed by atoms with Crippen LogP contribution in [0.3, 0.4) is 0 Å². The van der Waals surface area contributed by atoms with Gasteiger partial charge in [-0.15, -0.1) is 0 Å². The van der Waals surface area contributed by atoms with Crippen LogP contribution in [0.15, 0.2) is 79.0 Å². The van der Waals surface area contributed by atoms with Gasteiger partial charge >= 0.3 is 5.97 Å². The molecule has 0 saturated carbocycles. The summed E-state index contributed by atoms with van der Waals surface area (Å²) in [6, 6.07) is 23.8. The van der Waals surface area contributed by atoms with Crippen LogP contribution in [-0.4, -0.2) is 34.6 Å². The van der Waals surface area contributed by atoms with Crippen molar-refractivity contribution < 1.29 is 14.6 Å².